The lowest BCUT2D eigenvalue weighted by Crippen LogP contribution is -2.28. The van der Waals surface area contributed by atoms with Crippen molar-refractivity contribution in [2.45, 2.75) is 37.8 Å². The Bertz CT molecular complexity index is 743. The number of carbonyl (C=O) groups is 1. The van der Waals surface area contributed by atoms with E-state index < -0.39 is 6.10 Å². The minimum absolute atomic E-state index is 0.146. The first kappa shape index (κ1) is 14.8. The van der Waals surface area contributed by atoms with Gasteiger partial charge >= 0.3 is 0 Å². The van der Waals surface area contributed by atoms with Crippen molar-refractivity contribution in [3.05, 3.63) is 46.0 Å². The zero-order valence-electron chi connectivity index (χ0n) is 12.7. The van der Waals surface area contributed by atoms with Crippen LogP contribution in [0.15, 0.2) is 24.3 Å². The van der Waals surface area contributed by atoms with Gasteiger partial charge < -0.3 is 10.5 Å². The maximum absolute atomic E-state index is 12.6. The summed E-state index contributed by atoms with van der Waals surface area (Å²) < 4.78 is 5.70. The Hall–Kier alpha value is -1.76. The number of nitrogens with one attached hydrogen (secondary N) is 1. The lowest BCUT2D eigenvalue weighted by molar-refractivity contribution is -0.128. The Morgan fingerprint density at radius 1 is 1.35 bits per heavy atom. The summed E-state index contributed by atoms with van der Waals surface area (Å²) in [5.74, 6) is -0.146. The van der Waals surface area contributed by atoms with Crippen molar-refractivity contribution in [3.63, 3.8) is 0 Å². The van der Waals surface area contributed by atoms with Crippen molar-refractivity contribution in [2.24, 2.45) is 5.73 Å². The van der Waals surface area contributed by atoms with Gasteiger partial charge in [0.15, 0.2) is 11.2 Å². The highest BCUT2D eigenvalue weighted by Gasteiger charge is 2.28. The number of thiazole rings is 1. The average molecular weight is 329 g/mol. The van der Waals surface area contributed by atoms with Crippen LogP contribution in [0.4, 0.5) is 5.13 Å². The molecule has 3 N–H and O–H groups in total. The van der Waals surface area contributed by atoms with Crippen molar-refractivity contribution in [1.29, 1.82) is 0 Å². The predicted octanol–water partition coefficient (Wildman–Crippen LogP) is 2.21. The Morgan fingerprint density at radius 3 is 3.13 bits per heavy atom. The van der Waals surface area contributed by atoms with Crippen molar-refractivity contribution in [2.75, 3.05) is 11.9 Å². The Morgan fingerprint density at radius 2 is 2.22 bits per heavy atom. The molecule has 2 aliphatic rings. The molecule has 6 heteroatoms. The van der Waals surface area contributed by atoms with E-state index in [1.165, 1.54) is 21.8 Å². The highest BCUT2D eigenvalue weighted by atomic mass is 32.1. The number of nitrogens with zero attached hydrogens (tertiary/aromatic N) is 1. The monoisotopic (exact) mass is 329 g/mol. The zero-order valence-corrected chi connectivity index (χ0v) is 13.6. The van der Waals surface area contributed by atoms with Crippen molar-refractivity contribution < 1.29 is 9.53 Å². The molecule has 0 fully saturated rings. The second-order valence-electron chi connectivity index (χ2n) is 6.08. The maximum Gasteiger partial charge on any atom is 0.259 e. The van der Waals surface area contributed by atoms with Gasteiger partial charge in [-0.1, -0.05) is 24.3 Å². The number of carbonyl (C=O) groups excluding carboxylic acids is 1. The molecule has 1 aromatic heterocycles. The van der Waals surface area contributed by atoms with E-state index in [0.29, 0.717) is 11.7 Å². The average Bonchev–Trinajstić information content (AvgIpc) is 2.95. The molecule has 1 amide bonds. The first-order valence-electron chi connectivity index (χ1n) is 7.95. The quantitative estimate of drug-likeness (QED) is 0.885. The second kappa shape index (κ2) is 6.03. The summed E-state index contributed by atoms with van der Waals surface area (Å²) in [6, 6.07) is 8.17. The molecule has 23 heavy (non-hydrogen) atoms. The molecular weight excluding hydrogens is 310 g/mol. The van der Waals surface area contributed by atoms with E-state index in [-0.39, 0.29) is 11.9 Å². The molecule has 1 aliphatic heterocycles. The highest BCUT2D eigenvalue weighted by molar-refractivity contribution is 7.15. The molecule has 0 saturated heterocycles. The van der Waals surface area contributed by atoms with E-state index in [0.717, 1.165) is 36.9 Å². The topological polar surface area (TPSA) is 77.2 Å². The van der Waals surface area contributed by atoms with Crippen molar-refractivity contribution in [1.82, 2.24) is 4.98 Å². The Labute approximate surface area is 138 Å². The van der Waals surface area contributed by atoms with Crippen LogP contribution in [0.2, 0.25) is 0 Å². The third-order valence-electron chi connectivity index (χ3n) is 4.44. The van der Waals surface area contributed by atoms with Crippen LogP contribution in [0.3, 0.4) is 0 Å². The van der Waals surface area contributed by atoms with Gasteiger partial charge in [0.2, 0.25) is 0 Å². The molecule has 0 radical (unpaired) electrons. The SMILES string of the molecule is N[C@H]1CCc2nc(NC(=O)C3OCCc4ccccc43)sc2C1. The van der Waals surface area contributed by atoms with E-state index in [2.05, 4.69) is 16.4 Å². The van der Waals surface area contributed by atoms with Crippen LogP contribution in [0.25, 0.3) is 0 Å². The maximum atomic E-state index is 12.6. The summed E-state index contributed by atoms with van der Waals surface area (Å²) in [6.45, 7) is 0.568. The summed E-state index contributed by atoms with van der Waals surface area (Å²) >= 11 is 1.53. The fourth-order valence-corrected chi connectivity index (χ4v) is 4.34. The van der Waals surface area contributed by atoms with E-state index in [9.17, 15) is 4.79 Å². The summed E-state index contributed by atoms with van der Waals surface area (Å²) in [7, 11) is 0. The Balaban J connectivity index is 1.53. The lowest BCUT2D eigenvalue weighted by atomic mass is 9.97. The first-order valence-corrected chi connectivity index (χ1v) is 8.77. The number of hydrogen-bond acceptors (Lipinski definition) is 5. The van der Waals surface area contributed by atoms with Crippen molar-refractivity contribution in [3.8, 4) is 0 Å². The van der Waals surface area contributed by atoms with Gasteiger partial charge in [-0.05, 0) is 36.8 Å². The molecule has 1 aromatic carbocycles. The number of aryl methyl sites for hydroxylation is 1. The minimum atomic E-state index is -0.553. The smallest absolute Gasteiger partial charge is 0.259 e. The molecular formula is C17H19N3O2S. The van der Waals surface area contributed by atoms with Crippen LogP contribution in [-0.4, -0.2) is 23.5 Å². The molecule has 2 aromatic rings. The van der Waals surface area contributed by atoms with Gasteiger partial charge in [-0.15, -0.1) is 11.3 Å². The number of hydrogen-bond donors (Lipinski definition) is 2. The van der Waals surface area contributed by atoms with Gasteiger partial charge in [0.25, 0.3) is 5.91 Å². The Kier molecular flexibility index (Phi) is 3.88. The van der Waals surface area contributed by atoms with E-state index in [1.807, 2.05) is 18.2 Å². The first-order chi connectivity index (χ1) is 11.2. The highest BCUT2D eigenvalue weighted by Crippen LogP contribution is 2.32. The molecule has 4 rings (SSSR count). The van der Waals surface area contributed by atoms with Gasteiger partial charge in [-0.3, -0.25) is 10.1 Å². The van der Waals surface area contributed by atoms with Gasteiger partial charge in [-0.25, -0.2) is 4.98 Å². The number of amides is 1. The second-order valence-corrected chi connectivity index (χ2v) is 7.16. The lowest BCUT2D eigenvalue weighted by Gasteiger charge is -2.24. The molecule has 0 saturated carbocycles. The number of nitrogens with two attached hydrogens (primary N) is 1. The molecule has 5 nitrogen and oxygen atoms in total. The zero-order chi connectivity index (χ0) is 15.8. The molecule has 0 bridgehead atoms. The molecule has 2 atom stereocenters. The van der Waals surface area contributed by atoms with Gasteiger partial charge in [-0.2, -0.15) is 0 Å². The molecule has 0 spiro atoms. The van der Waals surface area contributed by atoms with Gasteiger partial charge in [0.1, 0.15) is 0 Å². The minimum Gasteiger partial charge on any atom is -0.363 e. The van der Waals surface area contributed by atoms with Gasteiger partial charge in [0, 0.05) is 10.9 Å². The summed E-state index contributed by atoms with van der Waals surface area (Å²) in [5.41, 5.74) is 9.22. The fraction of sp³-hybridized carbons (Fsp3) is 0.412. The number of ether oxygens (including phenoxy) is 1. The van der Waals surface area contributed by atoms with Crippen molar-refractivity contribution >= 4 is 22.4 Å². The van der Waals surface area contributed by atoms with Crippen LogP contribution in [-0.2, 0) is 28.8 Å². The van der Waals surface area contributed by atoms with E-state index in [1.54, 1.807) is 0 Å². The van der Waals surface area contributed by atoms with Crippen LogP contribution >= 0.6 is 11.3 Å². The van der Waals surface area contributed by atoms with E-state index in [4.69, 9.17) is 10.5 Å². The molecule has 2 heterocycles. The third-order valence-corrected chi connectivity index (χ3v) is 5.47. The predicted molar refractivity (Wildman–Crippen MR) is 89.6 cm³/mol. The van der Waals surface area contributed by atoms with Crippen LogP contribution in [0, 0.1) is 0 Å². The van der Waals surface area contributed by atoms with Crippen LogP contribution < -0.4 is 11.1 Å². The number of aromatic nitrogens is 1. The van der Waals surface area contributed by atoms with Crippen LogP contribution in [0.5, 0.6) is 0 Å². The number of rotatable bonds is 2. The molecule has 120 valence electrons. The number of fused-ring (bicyclic) bond motifs is 2. The van der Waals surface area contributed by atoms with Crippen LogP contribution in [0.1, 0.15) is 34.2 Å². The van der Waals surface area contributed by atoms with Gasteiger partial charge in [0.05, 0.1) is 12.3 Å². The number of anilines is 1. The normalized spacial score (nSPS) is 23.0. The standard InChI is InChI=1S/C17H19N3O2S/c18-11-5-6-13-14(9-11)23-17(19-13)20-16(21)15-12-4-2-1-3-10(12)7-8-22-15/h1-4,11,15H,5-9,18H2,(H,19,20,21)/t11-,15?/m0/s1. The van der Waals surface area contributed by atoms with E-state index >= 15 is 0 Å². The largest absolute Gasteiger partial charge is 0.363 e. The third kappa shape index (κ3) is 2.89. The summed E-state index contributed by atoms with van der Waals surface area (Å²) in [6.07, 6.45) is 3.01. The molecule has 1 unspecified atom stereocenters. The number of benzene rings is 1. The molecule has 1 aliphatic carbocycles. The summed E-state index contributed by atoms with van der Waals surface area (Å²) in [4.78, 5) is 18.4. The summed E-state index contributed by atoms with van der Waals surface area (Å²) in [5, 5.41) is 3.58. The fourth-order valence-electron chi connectivity index (χ4n) is 3.24.